The van der Waals surface area contributed by atoms with E-state index in [2.05, 4.69) is 6.92 Å². The summed E-state index contributed by atoms with van der Waals surface area (Å²) in [6, 6.07) is 4.11. The van der Waals surface area contributed by atoms with Crippen LogP contribution in [0.3, 0.4) is 0 Å². The Hall–Kier alpha value is -0.730. The van der Waals surface area contributed by atoms with E-state index in [1.54, 1.807) is 0 Å². The highest BCUT2D eigenvalue weighted by molar-refractivity contribution is 6.32. The third kappa shape index (κ3) is 2.81. The number of ether oxygens (including phenoxy) is 1. The summed E-state index contributed by atoms with van der Waals surface area (Å²) in [5.74, 6) is 1.37. The second-order valence-electron chi connectivity index (χ2n) is 5.14. The average Bonchev–Trinajstić information content (AvgIpc) is 2.86. The average molecular weight is 268 g/mol. The topological polar surface area (TPSA) is 35.2 Å². The van der Waals surface area contributed by atoms with Crippen molar-refractivity contribution in [2.24, 2.45) is 11.7 Å². The summed E-state index contributed by atoms with van der Waals surface area (Å²) < 4.78 is 5.50. The number of nitrogens with two attached hydrogens (primary N) is 1. The zero-order valence-electron chi connectivity index (χ0n) is 11.2. The van der Waals surface area contributed by atoms with E-state index in [4.69, 9.17) is 22.1 Å². The molecule has 1 aliphatic rings. The first kappa shape index (κ1) is 13.7. The maximum Gasteiger partial charge on any atom is 0.138 e. The lowest BCUT2D eigenvalue weighted by atomic mass is 9.90. The van der Waals surface area contributed by atoms with Crippen molar-refractivity contribution < 1.29 is 4.74 Å². The van der Waals surface area contributed by atoms with E-state index in [0.29, 0.717) is 17.5 Å². The first-order valence-corrected chi connectivity index (χ1v) is 7.19. The number of rotatable bonds is 4. The summed E-state index contributed by atoms with van der Waals surface area (Å²) in [4.78, 5) is 0. The summed E-state index contributed by atoms with van der Waals surface area (Å²) in [6.07, 6.45) is 5.10. The van der Waals surface area contributed by atoms with Crippen LogP contribution in [0.1, 0.15) is 49.8 Å². The number of hydrogen-bond acceptors (Lipinski definition) is 2. The van der Waals surface area contributed by atoms with E-state index in [1.165, 1.54) is 36.8 Å². The minimum Gasteiger partial charge on any atom is -0.492 e. The highest BCUT2D eigenvalue weighted by Gasteiger charge is 2.25. The van der Waals surface area contributed by atoms with Crippen molar-refractivity contribution >= 4 is 11.6 Å². The Morgan fingerprint density at radius 1 is 1.39 bits per heavy atom. The molecule has 0 bridgehead atoms. The van der Waals surface area contributed by atoms with Gasteiger partial charge in [0.1, 0.15) is 5.75 Å². The predicted molar refractivity (Wildman–Crippen MR) is 76.2 cm³/mol. The largest absolute Gasteiger partial charge is 0.492 e. The predicted octanol–water partition coefficient (Wildman–Crippen LogP) is 4.24. The molecule has 100 valence electrons. The fourth-order valence-corrected chi connectivity index (χ4v) is 3.09. The van der Waals surface area contributed by atoms with E-state index in [1.807, 2.05) is 19.1 Å². The molecule has 1 fully saturated rings. The van der Waals surface area contributed by atoms with E-state index >= 15 is 0 Å². The molecule has 2 rings (SSSR count). The van der Waals surface area contributed by atoms with Crippen molar-refractivity contribution in [2.45, 2.75) is 45.6 Å². The first-order valence-electron chi connectivity index (χ1n) is 6.82. The van der Waals surface area contributed by atoms with Crippen LogP contribution in [0.15, 0.2) is 12.1 Å². The van der Waals surface area contributed by atoms with Crippen LogP contribution >= 0.6 is 11.6 Å². The summed E-state index contributed by atoms with van der Waals surface area (Å²) in [6.45, 7) is 4.68. The Morgan fingerprint density at radius 2 is 2.06 bits per heavy atom. The van der Waals surface area contributed by atoms with Crippen molar-refractivity contribution in [3.8, 4) is 5.75 Å². The molecule has 0 heterocycles. The lowest BCUT2D eigenvalue weighted by Crippen LogP contribution is -2.20. The monoisotopic (exact) mass is 267 g/mol. The summed E-state index contributed by atoms with van der Waals surface area (Å²) in [5, 5.41) is 0.672. The van der Waals surface area contributed by atoms with Crippen molar-refractivity contribution in [3.05, 3.63) is 28.3 Å². The van der Waals surface area contributed by atoms with Gasteiger partial charge in [-0.2, -0.15) is 0 Å². The van der Waals surface area contributed by atoms with Gasteiger partial charge in [0.25, 0.3) is 0 Å². The Kier molecular flexibility index (Phi) is 4.52. The molecule has 1 saturated carbocycles. The quantitative estimate of drug-likeness (QED) is 0.886. The zero-order chi connectivity index (χ0) is 13.1. The van der Waals surface area contributed by atoms with Gasteiger partial charge in [0, 0.05) is 6.04 Å². The van der Waals surface area contributed by atoms with Crippen LogP contribution in [-0.2, 0) is 0 Å². The van der Waals surface area contributed by atoms with Gasteiger partial charge >= 0.3 is 0 Å². The highest BCUT2D eigenvalue weighted by atomic mass is 35.5. The van der Waals surface area contributed by atoms with Gasteiger partial charge in [0.15, 0.2) is 0 Å². The molecule has 1 unspecified atom stereocenters. The standard InChI is InChI=1S/C15H22ClNO/c1-3-18-14-8-10(2)12(9-13(14)16)15(17)11-6-4-5-7-11/h8-9,11,15H,3-7,17H2,1-2H3. The molecule has 2 N–H and O–H groups in total. The molecule has 3 heteroatoms. The molecule has 0 spiro atoms. The Morgan fingerprint density at radius 3 is 2.67 bits per heavy atom. The summed E-state index contributed by atoms with van der Waals surface area (Å²) in [7, 11) is 0. The minimum atomic E-state index is 0.112. The molecule has 1 aliphatic carbocycles. The molecular formula is C15H22ClNO. The van der Waals surface area contributed by atoms with Gasteiger partial charge in [-0.3, -0.25) is 0 Å². The van der Waals surface area contributed by atoms with Gasteiger partial charge in [-0.15, -0.1) is 0 Å². The van der Waals surface area contributed by atoms with E-state index in [9.17, 15) is 0 Å². The normalized spacial score (nSPS) is 18.0. The smallest absolute Gasteiger partial charge is 0.138 e. The van der Waals surface area contributed by atoms with Crippen molar-refractivity contribution in [1.29, 1.82) is 0 Å². The lowest BCUT2D eigenvalue weighted by Gasteiger charge is -2.22. The van der Waals surface area contributed by atoms with Crippen LogP contribution in [0, 0.1) is 12.8 Å². The minimum absolute atomic E-state index is 0.112. The molecule has 2 nitrogen and oxygen atoms in total. The lowest BCUT2D eigenvalue weighted by molar-refractivity contribution is 0.339. The molecule has 1 aromatic carbocycles. The second-order valence-corrected chi connectivity index (χ2v) is 5.55. The van der Waals surface area contributed by atoms with Gasteiger partial charge in [0.05, 0.1) is 11.6 Å². The summed E-state index contributed by atoms with van der Waals surface area (Å²) >= 11 is 6.25. The van der Waals surface area contributed by atoms with Gasteiger partial charge in [-0.25, -0.2) is 0 Å². The van der Waals surface area contributed by atoms with Crippen molar-refractivity contribution in [3.63, 3.8) is 0 Å². The van der Waals surface area contributed by atoms with E-state index < -0.39 is 0 Å². The molecule has 1 aromatic rings. The number of aryl methyl sites for hydroxylation is 1. The molecule has 0 radical (unpaired) electrons. The Bertz CT molecular complexity index is 413. The van der Waals surface area contributed by atoms with E-state index in [-0.39, 0.29) is 6.04 Å². The molecule has 1 atom stereocenters. The number of benzene rings is 1. The number of halogens is 1. The van der Waals surface area contributed by atoms with Crippen LogP contribution in [0.4, 0.5) is 0 Å². The molecule has 0 amide bonds. The van der Waals surface area contributed by atoms with Crippen LogP contribution in [0.25, 0.3) is 0 Å². The van der Waals surface area contributed by atoms with Crippen LogP contribution in [0.2, 0.25) is 5.02 Å². The zero-order valence-corrected chi connectivity index (χ0v) is 12.0. The molecular weight excluding hydrogens is 246 g/mol. The Balaban J connectivity index is 2.24. The van der Waals surface area contributed by atoms with E-state index in [0.717, 1.165) is 5.75 Å². The maximum atomic E-state index is 6.39. The molecule has 0 aromatic heterocycles. The first-order chi connectivity index (χ1) is 8.63. The Labute approximate surface area is 114 Å². The van der Waals surface area contributed by atoms with Gasteiger partial charge in [-0.1, -0.05) is 24.4 Å². The van der Waals surface area contributed by atoms with Crippen molar-refractivity contribution in [1.82, 2.24) is 0 Å². The second kappa shape index (κ2) is 5.94. The maximum absolute atomic E-state index is 6.39. The van der Waals surface area contributed by atoms with Crippen LogP contribution in [-0.4, -0.2) is 6.61 Å². The fourth-order valence-electron chi connectivity index (χ4n) is 2.87. The summed E-state index contributed by atoms with van der Waals surface area (Å²) in [5.41, 5.74) is 8.75. The van der Waals surface area contributed by atoms with Gasteiger partial charge < -0.3 is 10.5 Å². The van der Waals surface area contributed by atoms with Crippen LogP contribution in [0.5, 0.6) is 5.75 Å². The molecule has 0 aliphatic heterocycles. The van der Waals surface area contributed by atoms with Crippen molar-refractivity contribution in [2.75, 3.05) is 6.61 Å². The molecule has 18 heavy (non-hydrogen) atoms. The number of hydrogen-bond donors (Lipinski definition) is 1. The third-order valence-electron chi connectivity index (χ3n) is 3.89. The van der Waals surface area contributed by atoms with Crippen LogP contribution < -0.4 is 10.5 Å². The molecule has 0 saturated heterocycles. The highest BCUT2D eigenvalue weighted by Crippen LogP contribution is 2.38. The third-order valence-corrected chi connectivity index (χ3v) is 4.18. The van der Waals surface area contributed by atoms with Gasteiger partial charge in [-0.05, 0) is 55.9 Å². The van der Waals surface area contributed by atoms with Gasteiger partial charge in [0.2, 0.25) is 0 Å². The fraction of sp³-hybridized carbons (Fsp3) is 0.600. The SMILES string of the molecule is CCOc1cc(C)c(C(N)C2CCCC2)cc1Cl.